The highest BCUT2D eigenvalue weighted by Gasteiger charge is 2.17. The fraction of sp³-hybridized carbons (Fsp3) is 0. The number of hydrogen-bond acceptors (Lipinski definition) is 3. The number of non-ortho nitro benzene ring substituents is 1. The Morgan fingerprint density at radius 3 is 2.50 bits per heavy atom. The topological polar surface area (TPSA) is 88.0 Å². The van der Waals surface area contributed by atoms with Gasteiger partial charge in [-0.05, 0) is 40.8 Å². The molecule has 2 aromatic carbocycles. The summed E-state index contributed by atoms with van der Waals surface area (Å²) in [5, 5.41) is 13.6. The number of nitrogens with one attached hydrogen (secondary N) is 2. The van der Waals surface area contributed by atoms with Crippen molar-refractivity contribution < 1.29 is 18.5 Å². The number of nitrogens with zero attached hydrogens (tertiary/aromatic N) is 1. The molecular formula is C15H8F2IN3O3. The number of rotatable bonds is 3. The van der Waals surface area contributed by atoms with E-state index < -0.39 is 22.5 Å². The highest BCUT2D eigenvalue weighted by Crippen LogP contribution is 2.25. The van der Waals surface area contributed by atoms with Crippen molar-refractivity contribution in [1.82, 2.24) is 4.98 Å². The van der Waals surface area contributed by atoms with Gasteiger partial charge in [0.1, 0.15) is 11.6 Å². The Kier molecular flexibility index (Phi) is 4.18. The SMILES string of the molecule is O=C(Nc1cc(F)c(I)c(F)c1)c1c[nH]c2ccc([N+](=O)[O-])cc12. The monoisotopic (exact) mass is 443 g/mol. The summed E-state index contributed by atoms with van der Waals surface area (Å²) in [6.45, 7) is 0. The average molecular weight is 443 g/mol. The maximum atomic E-state index is 13.5. The fourth-order valence-corrected chi connectivity index (χ4v) is 2.55. The van der Waals surface area contributed by atoms with Crippen LogP contribution in [-0.4, -0.2) is 15.8 Å². The van der Waals surface area contributed by atoms with Gasteiger partial charge in [0, 0.05) is 34.9 Å². The van der Waals surface area contributed by atoms with Crippen molar-refractivity contribution in [2.45, 2.75) is 0 Å². The second kappa shape index (κ2) is 6.15. The lowest BCUT2D eigenvalue weighted by Gasteiger charge is -2.06. The van der Waals surface area contributed by atoms with Crippen LogP contribution in [0.5, 0.6) is 0 Å². The van der Waals surface area contributed by atoms with Gasteiger partial charge in [0.2, 0.25) is 0 Å². The zero-order valence-electron chi connectivity index (χ0n) is 11.8. The van der Waals surface area contributed by atoms with Crippen LogP contribution in [-0.2, 0) is 0 Å². The Bertz CT molecular complexity index is 964. The molecule has 3 aromatic rings. The Morgan fingerprint density at radius 2 is 1.88 bits per heavy atom. The second-order valence-corrected chi connectivity index (χ2v) is 5.98. The van der Waals surface area contributed by atoms with Crippen LogP contribution in [0.4, 0.5) is 20.2 Å². The molecule has 0 aliphatic carbocycles. The number of nitro benzene ring substituents is 1. The lowest BCUT2D eigenvalue weighted by atomic mass is 10.1. The van der Waals surface area contributed by atoms with Crippen LogP contribution in [0.2, 0.25) is 0 Å². The fourth-order valence-electron chi connectivity index (χ4n) is 2.24. The van der Waals surface area contributed by atoms with Gasteiger partial charge in [0.15, 0.2) is 0 Å². The van der Waals surface area contributed by atoms with Gasteiger partial charge in [-0.3, -0.25) is 14.9 Å². The lowest BCUT2D eigenvalue weighted by Crippen LogP contribution is -2.12. The van der Waals surface area contributed by atoms with Crippen molar-refractivity contribution in [1.29, 1.82) is 0 Å². The molecule has 6 nitrogen and oxygen atoms in total. The summed E-state index contributed by atoms with van der Waals surface area (Å²) in [5.41, 5.74) is 0.455. The number of anilines is 1. The molecule has 0 saturated carbocycles. The minimum absolute atomic E-state index is 0.0461. The highest BCUT2D eigenvalue weighted by molar-refractivity contribution is 14.1. The highest BCUT2D eigenvalue weighted by atomic mass is 127. The minimum Gasteiger partial charge on any atom is -0.360 e. The maximum absolute atomic E-state index is 13.5. The van der Waals surface area contributed by atoms with Gasteiger partial charge in [0.05, 0.1) is 14.1 Å². The number of aromatic nitrogens is 1. The Labute approximate surface area is 147 Å². The number of nitro groups is 1. The summed E-state index contributed by atoms with van der Waals surface area (Å²) in [6.07, 6.45) is 1.38. The first kappa shape index (κ1) is 16.3. The Hall–Kier alpha value is -2.56. The number of hydrogen-bond donors (Lipinski definition) is 2. The van der Waals surface area contributed by atoms with Gasteiger partial charge in [-0.1, -0.05) is 0 Å². The van der Waals surface area contributed by atoms with Crippen molar-refractivity contribution in [2.24, 2.45) is 0 Å². The summed E-state index contributed by atoms with van der Waals surface area (Å²) >= 11 is 1.52. The van der Waals surface area contributed by atoms with Crippen molar-refractivity contribution in [3.8, 4) is 0 Å². The minimum atomic E-state index is -0.791. The molecule has 3 rings (SSSR count). The molecule has 0 spiro atoms. The van der Waals surface area contributed by atoms with Crippen molar-refractivity contribution >= 4 is 50.8 Å². The molecule has 0 fully saturated rings. The summed E-state index contributed by atoms with van der Waals surface area (Å²) in [7, 11) is 0. The molecule has 0 aliphatic heterocycles. The van der Waals surface area contributed by atoms with Crippen LogP contribution in [0.15, 0.2) is 36.5 Å². The van der Waals surface area contributed by atoms with E-state index in [2.05, 4.69) is 10.3 Å². The van der Waals surface area contributed by atoms with Crippen molar-refractivity contribution in [2.75, 3.05) is 5.32 Å². The molecule has 0 radical (unpaired) electrons. The van der Waals surface area contributed by atoms with E-state index in [1.54, 1.807) is 0 Å². The molecule has 24 heavy (non-hydrogen) atoms. The van der Waals surface area contributed by atoms with E-state index in [9.17, 15) is 23.7 Å². The third kappa shape index (κ3) is 2.94. The number of fused-ring (bicyclic) bond motifs is 1. The summed E-state index contributed by atoms with van der Waals surface area (Å²) < 4.78 is 26.9. The largest absolute Gasteiger partial charge is 0.360 e. The van der Waals surface area contributed by atoms with Crippen LogP contribution in [0, 0.1) is 25.3 Å². The number of amides is 1. The van der Waals surface area contributed by atoms with Crippen LogP contribution in [0.3, 0.4) is 0 Å². The Morgan fingerprint density at radius 1 is 1.21 bits per heavy atom. The van der Waals surface area contributed by atoms with E-state index in [1.807, 2.05) is 0 Å². The normalized spacial score (nSPS) is 10.8. The Balaban J connectivity index is 1.97. The predicted molar refractivity (Wildman–Crippen MR) is 92.0 cm³/mol. The third-order valence-electron chi connectivity index (χ3n) is 3.36. The maximum Gasteiger partial charge on any atom is 0.270 e. The van der Waals surface area contributed by atoms with E-state index in [-0.39, 0.29) is 20.5 Å². The van der Waals surface area contributed by atoms with Gasteiger partial charge >= 0.3 is 0 Å². The van der Waals surface area contributed by atoms with Crippen molar-refractivity contribution in [3.63, 3.8) is 0 Å². The molecule has 0 saturated heterocycles. The first-order chi connectivity index (χ1) is 11.4. The standard InChI is InChI=1S/C15H8F2IN3O3/c16-11-3-7(4-12(17)14(11)18)20-15(22)10-6-19-13-2-1-8(21(23)24)5-9(10)13/h1-6,19H,(H,20,22). The zero-order valence-corrected chi connectivity index (χ0v) is 13.9. The number of halogens is 3. The molecule has 0 aliphatic rings. The molecule has 1 heterocycles. The van der Waals surface area contributed by atoms with Crippen molar-refractivity contribution in [3.05, 3.63) is 67.4 Å². The van der Waals surface area contributed by atoms with E-state index in [4.69, 9.17) is 0 Å². The van der Waals surface area contributed by atoms with Crippen LogP contribution < -0.4 is 5.32 Å². The number of aromatic amines is 1. The van der Waals surface area contributed by atoms with Gasteiger partial charge < -0.3 is 10.3 Å². The van der Waals surface area contributed by atoms with Crippen LogP contribution in [0.1, 0.15) is 10.4 Å². The first-order valence-electron chi connectivity index (χ1n) is 6.58. The van der Waals surface area contributed by atoms with Crippen LogP contribution >= 0.6 is 22.6 Å². The number of H-pyrrole nitrogens is 1. The average Bonchev–Trinajstić information content (AvgIpc) is 2.95. The van der Waals surface area contributed by atoms with E-state index >= 15 is 0 Å². The quantitative estimate of drug-likeness (QED) is 0.275. The van der Waals surface area contributed by atoms with Crippen LogP contribution in [0.25, 0.3) is 10.9 Å². The molecule has 0 atom stereocenters. The molecule has 2 N–H and O–H groups in total. The molecule has 1 aromatic heterocycles. The molecule has 1 amide bonds. The summed E-state index contributed by atoms with van der Waals surface area (Å²) in [6, 6.07) is 6.05. The van der Waals surface area contributed by atoms with E-state index in [0.717, 1.165) is 12.1 Å². The van der Waals surface area contributed by atoms with E-state index in [1.165, 1.54) is 47.0 Å². The summed E-state index contributed by atoms with van der Waals surface area (Å²) in [5.74, 6) is -2.22. The number of benzene rings is 2. The third-order valence-corrected chi connectivity index (χ3v) is 4.39. The molecule has 0 unspecified atom stereocenters. The molecule has 0 bridgehead atoms. The number of carbonyl (C=O) groups is 1. The van der Waals surface area contributed by atoms with Gasteiger partial charge in [-0.2, -0.15) is 0 Å². The summed E-state index contributed by atoms with van der Waals surface area (Å²) in [4.78, 5) is 25.4. The molecule has 122 valence electrons. The van der Waals surface area contributed by atoms with Gasteiger partial charge in [-0.25, -0.2) is 8.78 Å². The first-order valence-corrected chi connectivity index (χ1v) is 7.66. The van der Waals surface area contributed by atoms with Gasteiger partial charge in [0.25, 0.3) is 11.6 Å². The lowest BCUT2D eigenvalue weighted by molar-refractivity contribution is -0.384. The number of carbonyl (C=O) groups excluding carboxylic acids is 1. The smallest absolute Gasteiger partial charge is 0.270 e. The molecule has 9 heteroatoms. The second-order valence-electron chi connectivity index (χ2n) is 4.90. The zero-order chi connectivity index (χ0) is 17.4. The van der Waals surface area contributed by atoms with E-state index in [0.29, 0.717) is 10.9 Å². The van der Waals surface area contributed by atoms with Gasteiger partial charge in [-0.15, -0.1) is 0 Å². The molecular weight excluding hydrogens is 435 g/mol. The predicted octanol–water partition coefficient (Wildman–Crippen LogP) is 4.21.